The Morgan fingerprint density at radius 1 is 1.18 bits per heavy atom. The second-order valence-electron chi connectivity index (χ2n) is 8.62. The van der Waals surface area contributed by atoms with Crippen LogP contribution in [0.15, 0.2) is 60.7 Å². The van der Waals surface area contributed by atoms with Crippen molar-refractivity contribution < 1.29 is 14.6 Å². The van der Waals surface area contributed by atoms with E-state index in [2.05, 4.69) is 5.32 Å². The number of methoxy groups -OCH3 is 1. The van der Waals surface area contributed by atoms with Gasteiger partial charge in [-0.25, -0.2) is 4.68 Å². The van der Waals surface area contributed by atoms with Crippen molar-refractivity contribution in [3.05, 3.63) is 71.9 Å². The van der Waals surface area contributed by atoms with E-state index in [1.807, 2.05) is 77.3 Å². The fraction of sp³-hybridized carbons (Fsp3) is 0.385. The predicted molar refractivity (Wildman–Crippen MR) is 129 cm³/mol. The number of ether oxygens (including phenoxy) is 1. The van der Waals surface area contributed by atoms with Crippen LogP contribution in [0.4, 0.5) is 5.82 Å². The van der Waals surface area contributed by atoms with Crippen LogP contribution in [-0.4, -0.2) is 53.0 Å². The topological polar surface area (TPSA) is 79.6 Å². The second kappa shape index (κ2) is 10.6. The molecule has 7 nitrogen and oxygen atoms in total. The van der Waals surface area contributed by atoms with Crippen LogP contribution in [0.5, 0.6) is 5.75 Å². The van der Waals surface area contributed by atoms with Crippen molar-refractivity contribution >= 4 is 11.7 Å². The molecule has 3 aromatic rings. The summed E-state index contributed by atoms with van der Waals surface area (Å²) in [5, 5.41) is 17.9. The van der Waals surface area contributed by atoms with E-state index in [1.165, 1.54) is 12.8 Å². The van der Waals surface area contributed by atoms with Crippen LogP contribution < -0.4 is 10.1 Å². The number of benzene rings is 2. The Morgan fingerprint density at radius 2 is 1.88 bits per heavy atom. The van der Waals surface area contributed by atoms with Crippen molar-refractivity contribution in [2.45, 2.75) is 37.6 Å². The smallest absolute Gasteiger partial charge is 0.239 e. The van der Waals surface area contributed by atoms with E-state index < -0.39 is 0 Å². The standard InChI is InChI=1S/C26H32N4O3/c1-29(24(18-31)20-12-14-22(33-2)15-13-20)17-26(32)27-25-16-23(19-8-6-7-9-19)28-30(25)21-10-4-3-5-11-21/h3-5,10-16,19,24,31H,6-9,17-18H2,1-2H3,(H,27,32). The van der Waals surface area contributed by atoms with Gasteiger partial charge in [-0.1, -0.05) is 43.2 Å². The summed E-state index contributed by atoms with van der Waals surface area (Å²) in [4.78, 5) is 14.8. The third kappa shape index (κ3) is 5.43. The molecule has 0 aliphatic heterocycles. The van der Waals surface area contributed by atoms with Gasteiger partial charge < -0.3 is 15.2 Å². The third-order valence-electron chi connectivity index (χ3n) is 6.37. The van der Waals surface area contributed by atoms with Crippen LogP contribution >= 0.6 is 0 Å². The molecule has 1 aliphatic rings. The number of likely N-dealkylation sites (N-methyl/N-ethyl adjacent to an activating group) is 1. The third-order valence-corrected chi connectivity index (χ3v) is 6.37. The Bertz CT molecular complexity index is 1040. The zero-order chi connectivity index (χ0) is 23.2. The van der Waals surface area contributed by atoms with Gasteiger partial charge in [-0.2, -0.15) is 5.10 Å². The predicted octanol–water partition coefficient (Wildman–Crippen LogP) is 4.14. The average molecular weight is 449 g/mol. The molecule has 4 rings (SSSR count). The second-order valence-corrected chi connectivity index (χ2v) is 8.62. The summed E-state index contributed by atoms with van der Waals surface area (Å²) in [7, 11) is 3.45. The number of amides is 1. The van der Waals surface area contributed by atoms with Crippen LogP contribution in [0.25, 0.3) is 5.69 Å². The summed E-state index contributed by atoms with van der Waals surface area (Å²) in [5.41, 5.74) is 2.87. The molecule has 7 heteroatoms. The lowest BCUT2D eigenvalue weighted by molar-refractivity contribution is -0.117. The maximum atomic E-state index is 13.0. The first kappa shape index (κ1) is 23.0. The summed E-state index contributed by atoms with van der Waals surface area (Å²) in [5.74, 6) is 1.72. The molecule has 1 heterocycles. The highest BCUT2D eigenvalue weighted by Gasteiger charge is 2.24. The van der Waals surface area contributed by atoms with Crippen LogP contribution in [0.3, 0.4) is 0 Å². The zero-order valence-corrected chi connectivity index (χ0v) is 19.3. The number of hydrogen-bond acceptors (Lipinski definition) is 5. The summed E-state index contributed by atoms with van der Waals surface area (Å²) in [6.07, 6.45) is 4.73. The van der Waals surface area contributed by atoms with E-state index >= 15 is 0 Å². The van der Waals surface area contributed by atoms with Gasteiger partial charge in [-0.15, -0.1) is 0 Å². The Morgan fingerprint density at radius 3 is 2.52 bits per heavy atom. The fourth-order valence-corrected chi connectivity index (χ4v) is 4.52. The molecule has 2 aromatic carbocycles. The Balaban J connectivity index is 1.49. The molecule has 1 atom stereocenters. The first-order valence-electron chi connectivity index (χ1n) is 11.5. The van der Waals surface area contributed by atoms with E-state index in [0.29, 0.717) is 11.7 Å². The van der Waals surface area contributed by atoms with Gasteiger partial charge in [0.05, 0.1) is 37.7 Å². The Hall–Kier alpha value is -3.16. The molecule has 1 unspecified atom stereocenters. The molecule has 1 fully saturated rings. The zero-order valence-electron chi connectivity index (χ0n) is 19.3. The number of nitrogens with one attached hydrogen (secondary N) is 1. The summed E-state index contributed by atoms with van der Waals surface area (Å²) < 4.78 is 7.03. The van der Waals surface area contributed by atoms with Gasteiger partial charge in [0.15, 0.2) is 0 Å². The first-order chi connectivity index (χ1) is 16.1. The lowest BCUT2D eigenvalue weighted by Gasteiger charge is -2.26. The van der Waals surface area contributed by atoms with Gasteiger partial charge in [0.2, 0.25) is 5.91 Å². The van der Waals surface area contributed by atoms with Gasteiger partial charge in [-0.05, 0) is 49.7 Å². The molecule has 174 valence electrons. The number of carbonyl (C=O) groups is 1. The maximum Gasteiger partial charge on any atom is 0.239 e. The van der Waals surface area contributed by atoms with Crippen molar-refractivity contribution in [3.8, 4) is 11.4 Å². The number of carbonyl (C=O) groups excluding carboxylic acids is 1. The number of aromatic nitrogens is 2. The minimum absolute atomic E-state index is 0.0934. The molecule has 0 radical (unpaired) electrons. The van der Waals surface area contributed by atoms with Crippen LogP contribution in [-0.2, 0) is 4.79 Å². The van der Waals surface area contributed by atoms with Gasteiger partial charge in [0, 0.05) is 12.0 Å². The van der Waals surface area contributed by atoms with Gasteiger partial charge in [0.25, 0.3) is 0 Å². The molecule has 2 N–H and O–H groups in total. The molecule has 0 bridgehead atoms. The SMILES string of the molecule is COc1ccc(C(CO)N(C)CC(=O)Nc2cc(C3CCCC3)nn2-c2ccccc2)cc1. The normalized spacial score (nSPS) is 15.0. The number of rotatable bonds is 9. The average Bonchev–Trinajstić information content (AvgIpc) is 3.51. The first-order valence-corrected chi connectivity index (χ1v) is 11.5. The van der Waals surface area contributed by atoms with Gasteiger partial charge >= 0.3 is 0 Å². The summed E-state index contributed by atoms with van der Waals surface area (Å²) >= 11 is 0. The van der Waals surface area contributed by atoms with Crippen molar-refractivity contribution in [1.82, 2.24) is 14.7 Å². The quantitative estimate of drug-likeness (QED) is 0.514. The highest BCUT2D eigenvalue weighted by molar-refractivity contribution is 5.91. The lowest BCUT2D eigenvalue weighted by Crippen LogP contribution is -2.35. The largest absolute Gasteiger partial charge is 0.497 e. The highest BCUT2D eigenvalue weighted by atomic mass is 16.5. The number of para-hydroxylation sites is 1. The molecular formula is C26H32N4O3. The molecular weight excluding hydrogens is 416 g/mol. The van der Waals surface area contributed by atoms with Crippen molar-refractivity contribution in [1.29, 1.82) is 0 Å². The Labute approximate surface area is 195 Å². The Kier molecular flexibility index (Phi) is 7.42. The molecule has 33 heavy (non-hydrogen) atoms. The van der Waals surface area contributed by atoms with Crippen LogP contribution in [0, 0.1) is 0 Å². The van der Waals surface area contributed by atoms with Crippen LogP contribution in [0.2, 0.25) is 0 Å². The molecule has 1 aromatic heterocycles. The van der Waals surface area contributed by atoms with E-state index in [4.69, 9.17) is 9.84 Å². The summed E-state index contributed by atoms with van der Waals surface area (Å²) in [6, 6.07) is 19.1. The molecule has 0 saturated heterocycles. The van der Waals surface area contributed by atoms with E-state index in [0.717, 1.165) is 35.5 Å². The van der Waals surface area contributed by atoms with Crippen molar-refractivity contribution in [2.24, 2.45) is 0 Å². The van der Waals surface area contributed by atoms with Crippen molar-refractivity contribution in [2.75, 3.05) is 32.6 Å². The van der Waals surface area contributed by atoms with E-state index in [-0.39, 0.29) is 25.1 Å². The fourth-order valence-electron chi connectivity index (χ4n) is 4.52. The number of anilines is 1. The number of hydrogen-bond donors (Lipinski definition) is 2. The number of nitrogens with zero attached hydrogens (tertiary/aromatic N) is 3. The minimum atomic E-state index is -0.297. The number of aliphatic hydroxyl groups is 1. The molecule has 0 spiro atoms. The highest BCUT2D eigenvalue weighted by Crippen LogP contribution is 2.35. The van der Waals surface area contributed by atoms with Crippen LogP contribution in [0.1, 0.15) is 48.9 Å². The van der Waals surface area contributed by atoms with E-state index in [1.54, 1.807) is 7.11 Å². The monoisotopic (exact) mass is 448 g/mol. The van der Waals surface area contributed by atoms with Gasteiger partial charge in [-0.3, -0.25) is 9.69 Å². The molecule has 1 aliphatic carbocycles. The van der Waals surface area contributed by atoms with Crippen molar-refractivity contribution in [3.63, 3.8) is 0 Å². The lowest BCUT2D eigenvalue weighted by atomic mass is 10.0. The number of aliphatic hydroxyl groups excluding tert-OH is 1. The minimum Gasteiger partial charge on any atom is -0.497 e. The summed E-state index contributed by atoms with van der Waals surface area (Å²) in [6.45, 7) is 0.0415. The molecule has 1 saturated carbocycles. The van der Waals surface area contributed by atoms with Gasteiger partial charge in [0.1, 0.15) is 11.6 Å². The maximum absolute atomic E-state index is 13.0. The van der Waals surface area contributed by atoms with E-state index in [9.17, 15) is 9.90 Å². The molecule has 1 amide bonds.